The van der Waals surface area contributed by atoms with Crippen molar-refractivity contribution >= 4 is 0 Å². The van der Waals surface area contributed by atoms with Crippen LogP contribution < -0.4 is 0 Å². The molecule has 0 aliphatic carbocycles. The lowest BCUT2D eigenvalue weighted by Crippen LogP contribution is -1.98. The van der Waals surface area contributed by atoms with Crippen molar-refractivity contribution in [1.82, 2.24) is 39.9 Å². The van der Waals surface area contributed by atoms with E-state index in [1.807, 2.05) is 150 Å². The van der Waals surface area contributed by atoms with Crippen LogP contribution in [0.4, 0.5) is 0 Å². The van der Waals surface area contributed by atoms with Crippen LogP contribution in [0.25, 0.3) is 67.3 Å². The van der Waals surface area contributed by atoms with Crippen LogP contribution in [-0.4, -0.2) is 39.9 Å². The lowest BCUT2D eigenvalue weighted by molar-refractivity contribution is 0.928. The van der Waals surface area contributed by atoms with Crippen LogP contribution in [0.5, 0.6) is 0 Å². The molecule has 0 unspecified atom stereocenters. The second-order valence-corrected chi connectivity index (χ2v) is 21.0. The van der Waals surface area contributed by atoms with Gasteiger partial charge in [0.05, 0.1) is 11.4 Å². The van der Waals surface area contributed by atoms with Gasteiger partial charge in [-0.3, -0.25) is 15.0 Å². The molecular weight excluding hydrogens is 1020 g/mol. The van der Waals surface area contributed by atoms with Crippen LogP contribution in [0.1, 0.15) is 67.7 Å². The smallest absolute Gasteiger partial charge is 0.163 e. The summed E-state index contributed by atoms with van der Waals surface area (Å²) < 4.78 is 0. The van der Waals surface area contributed by atoms with Gasteiger partial charge in [0.2, 0.25) is 0 Å². The second-order valence-electron chi connectivity index (χ2n) is 21.0. The van der Waals surface area contributed by atoms with E-state index in [-0.39, 0.29) is 0 Å². The van der Waals surface area contributed by atoms with Crippen LogP contribution in [0, 0.1) is 83.1 Å². The summed E-state index contributed by atoms with van der Waals surface area (Å²) in [5.74, 6) is 3.09. The summed E-state index contributed by atoms with van der Waals surface area (Å²) in [6.45, 7) is 24.6. The monoisotopic (exact) mass is 1100 g/mol. The largest absolute Gasteiger partial charge is 0.265 e. The molecule has 0 spiro atoms. The Labute approximate surface area is 498 Å². The van der Waals surface area contributed by atoms with E-state index >= 15 is 0 Å². The molecule has 5 aromatic heterocycles. The molecule has 0 atom stereocenters. The van der Waals surface area contributed by atoms with Gasteiger partial charge in [0.25, 0.3) is 0 Å². The number of benzene rings is 7. The van der Waals surface area contributed by atoms with Gasteiger partial charge in [-0.05, 0) is 159 Å². The minimum atomic E-state index is 0.746. The molecule has 0 saturated heterocycles. The average Bonchev–Trinajstić information content (AvgIpc) is 3.51. The van der Waals surface area contributed by atoms with Gasteiger partial charge < -0.3 is 0 Å². The summed E-state index contributed by atoms with van der Waals surface area (Å²) in [5, 5.41) is 0. The average molecular weight is 1100 g/mol. The molecule has 8 heteroatoms. The Hall–Kier alpha value is -9.92. The van der Waals surface area contributed by atoms with Gasteiger partial charge in [-0.2, -0.15) is 0 Å². The first-order valence-corrected chi connectivity index (χ1v) is 28.3. The summed E-state index contributed by atoms with van der Waals surface area (Å²) >= 11 is 0. The minimum Gasteiger partial charge on any atom is -0.265 e. The fourth-order valence-electron chi connectivity index (χ4n) is 9.59. The zero-order valence-corrected chi connectivity index (χ0v) is 50.7. The summed E-state index contributed by atoms with van der Waals surface area (Å²) in [4.78, 5) is 33.8. The Bertz CT molecular complexity index is 3150. The summed E-state index contributed by atoms with van der Waals surface area (Å²) in [6, 6.07) is 72.9. The molecule has 0 aliphatic rings. The predicted octanol–water partition coefficient (Wildman–Crippen LogP) is 19.0. The molecule has 12 aromatic rings. The summed E-state index contributed by atoms with van der Waals surface area (Å²) in [6.07, 6.45) is 9.17. The predicted molar refractivity (Wildman–Crippen MR) is 350 cm³/mol. The number of aryl methyl sites for hydroxylation is 12. The van der Waals surface area contributed by atoms with Gasteiger partial charge in [-0.1, -0.05) is 208 Å². The highest BCUT2D eigenvalue weighted by Crippen LogP contribution is 2.25. The van der Waals surface area contributed by atoms with Crippen molar-refractivity contribution in [3.8, 4) is 67.3 Å². The van der Waals surface area contributed by atoms with Crippen molar-refractivity contribution in [1.29, 1.82) is 0 Å². The van der Waals surface area contributed by atoms with Crippen LogP contribution in [0.3, 0.4) is 0 Å². The maximum atomic E-state index is 4.39. The van der Waals surface area contributed by atoms with Crippen molar-refractivity contribution in [2.45, 2.75) is 83.1 Å². The van der Waals surface area contributed by atoms with E-state index < -0.39 is 0 Å². The SMILES string of the molecule is Cc1cc(-c2ccccc2)nc(C)n1.Cc1cc(C)cc(-c2ccccc2)c1.Cc1cc(C)cc(-c2ccccn2)c1.Cc1cc(C)cc(-c2cccnc2)c1.Cc1cc(C)cc(-c2ccncc2)c1.Cc1nc(C)nc(-c2ccccc2)n1. The van der Waals surface area contributed by atoms with Crippen molar-refractivity contribution < 1.29 is 0 Å². The van der Waals surface area contributed by atoms with E-state index in [9.17, 15) is 0 Å². The zero-order valence-electron chi connectivity index (χ0n) is 50.7. The first kappa shape index (κ1) is 61.7. The third kappa shape index (κ3) is 20.3. The summed E-state index contributed by atoms with van der Waals surface area (Å²) in [7, 11) is 0. The quantitative estimate of drug-likeness (QED) is 0.162. The van der Waals surface area contributed by atoms with Crippen molar-refractivity contribution in [3.05, 3.63) is 311 Å². The van der Waals surface area contributed by atoms with Crippen molar-refractivity contribution in [2.75, 3.05) is 0 Å². The Morgan fingerprint density at radius 2 is 0.619 bits per heavy atom. The highest BCUT2D eigenvalue weighted by molar-refractivity contribution is 5.67. The van der Waals surface area contributed by atoms with Gasteiger partial charge in [0.1, 0.15) is 17.5 Å². The molecule has 0 amide bonds. The third-order valence-corrected chi connectivity index (χ3v) is 12.9. The Balaban J connectivity index is 0.000000145. The van der Waals surface area contributed by atoms with Gasteiger partial charge in [-0.25, -0.2) is 24.9 Å². The third-order valence-electron chi connectivity index (χ3n) is 12.9. The maximum Gasteiger partial charge on any atom is 0.163 e. The highest BCUT2D eigenvalue weighted by Gasteiger charge is 2.05. The standard InChI is InChI=1S/C14H14.3C13H13N.C12H12N2.C11H11N3/c1-11-8-12(2)10-14(9-11)13-6-4-3-5-7-13;1-10-7-11(2)9-13(8-10)12-3-5-14-6-4-12;1-10-6-11(2)8-13(7-10)12-4-3-5-14-9-12;1-10-7-11(2)9-12(8-10)13-5-3-4-6-14-13;1-9-8-12(14-10(2)13-9)11-6-4-3-5-7-11;1-8-12-9(2)14-11(13-8)10-6-4-3-5-7-10/h3-10H,1-2H3;3*3-9H,1-2H3;3-8H,1-2H3;3-7H,1-2H3. The number of aromatic nitrogens is 8. The lowest BCUT2D eigenvalue weighted by Gasteiger charge is -2.04. The maximum absolute atomic E-state index is 4.39. The molecule has 12 rings (SSSR count). The van der Waals surface area contributed by atoms with E-state index in [1.165, 1.54) is 83.5 Å². The van der Waals surface area contributed by atoms with Crippen molar-refractivity contribution in [3.63, 3.8) is 0 Å². The Morgan fingerprint density at radius 3 is 1.05 bits per heavy atom. The minimum absolute atomic E-state index is 0.746. The summed E-state index contributed by atoms with van der Waals surface area (Å²) in [5.41, 5.74) is 24.3. The topological polar surface area (TPSA) is 103 Å². The molecule has 420 valence electrons. The number of nitrogens with zero attached hydrogens (tertiary/aromatic N) is 8. The fourth-order valence-corrected chi connectivity index (χ4v) is 9.59. The van der Waals surface area contributed by atoms with Gasteiger partial charge in [-0.15, -0.1) is 0 Å². The van der Waals surface area contributed by atoms with E-state index in [1.54, 1.807) is 6.20 Å². The first-order valence-electron chi connectivity index (χ1n) is 28.3. The lowest BCUT2D eigenvalue weighted by atomic mass is 10.0. The normalized spacial score (nSPS) is 10.1. The molecule has 84 heavy (non-hydrogen) atoms. The zero-order chi connectivity index (χ0) is 59.8. The molecule has 7 aromatic carbocycles. The number of pyridine rings is 3. The van der Waals surface area contributed by atoms with Crippen LogP contribution in [0.15, 0.2) is 243 Å². The Morgan fingerprint density at radius 1 is 0.226 bits per heavy atom. The number of hydrogen-bond donors (Lipinski definition) is 0. The molecule has 0 radical (unpaired) electrons. The van der Waals surface area contributed by atoms with Gasteiger partial charge in [0, 0.05) is 58.9 Å². The van der Waals surface area contributed by atoms with E-state index in [4.69, 9.17) is 0 Å². The van der Waals surface area contributed by atoms with Crippen molar-refractivity contribution in [2.24, 2.45) is 0 Å². The van der Waals surface area contributed by atoms with Crippen LogP contribution in [0.2, 0.25) is 0 Å². The molecule has 0 bridgehead atoms. The highest BCUT2D eigenvalue weighted by atomic mass is 15.0. The fraction of sp³-hybridized carbons (Fsp3) is 0.158. The number of rotatable bonds is 6. The molecule has 0 fully saturated rings. The second kappa shape index (κ2) is 31.3. The number of hydrogen-bond acceptors (Lipinski definition) is 8. The van der Waals surface area contributed by atoms with E-state index in [0.29, 0.717) is 0 Å². The molecule has 0 N–H and O–H groups in total. The molecule has 0 saturated carbocycles. The molecule has 8 nitrogen and oxygen atoms in total. The molecule has 5 heterocycles. The van der Waals surface area contributed by atoms with Gasteiger partial charge >= 0.3 is 0 Å². The molecule has 0 aliphatic heterocycles. The van der Waals surface area contributed by atoms with Crippen LogP contribution >= 0.6 is 0 Å². The first-order chi connectivity index (χ1) is 40.5. The van der Waals surface area contributed by atoms with Gasteiger partial charge in [0.15, 0.2) is 5.82 Å². The van der Waals surface area contributed by atoms with E-state index in [0.717, 1.165) is 51.5 Å². The van der Waals surface area contributed by atoms with Crippen LogP contribution in [-0.2, 0) is 0 Å². The van der Waals surface area contributed by atoms with E-state index in [2.05, 4.69) is 211 Å². The Kier molecular flexibility index (Phi) is 23.0. The molecular formula is C76H76N8.